The van der Waals surface area contributed by atoms with Crippen LogP contribution < -0.4 is 16.6 Å². The van der Waals surface area contributed by atoms with Crippen LogP contribution in [0.4, 0.5) is 13.2 Å². The van der Waals surface area contributed by atoms with Gasteiger partial charge in [0.2, 0.25) is 0 Å². The number of hydrogen-bond acceptors (Lipinski definition) is 3. The van der Waals surface area contributed by atoms with Gasteiger partial charge in [0, 0.05) is 11.7 Å². The number of hydrazine groups is 1. The van der Waals surface area contributed by atoms with E-state index in [1.165, 1.54) is 6.08 Å². The summed E-state index contributed by atoms with van der Waals surface area (Å²) in [7, 11) is 0. The Bertz CT molecular complexity index is 273. The molecule has 2 atom stereocenters. The summed E-state index contributed by atoms with van der Waals surface area (Å²) in [5, 5.41) is 3.00. The van der Waals surface area contributed by atoms with Crippen LogP contribution in [0.5, 0.6) is 0 Å². The van der Waals surface area contributed by atoms with Crippen molar-refractivity contribution in [2.45, 2.75) is 25.1 Å². The average Bonchev–Trinajstić information content (AvgIpc) is 2.25. The Balaban J connectivity index is 2.70. The molecule has 0 amide bonds. The van der Waals surface area contributed by atoms with E-state index in [1.54, 1.807) is 6.08 Å². The summed E-state index contributed by atoms with van der Waals surface area (Å²) < 4.78 is 37.6. The minimum absolute atomic E-state index is 0.00731. The van der Waals surface area contributed by atoms with Crippen LogP contribution in [-0.2, 0) is 0 Å². The summed E-state index contributed by atoms with van der Waals surface area (Å²) in [4.78, 5) is 0. The van der Waals surface area contributed by atoms with Gasteiger partial charge in [-0.15, -0.1) is 0 Å². The lowest BCUT2D eigenvalue weighted by Gasteiger charge is -2.32. The maximum atomic E-state index is 12.5. The molecule has 0 aromatic heterocycles. The molecule has 1 heterocycles. The van der Waals surface area contributed by atoms with Gasteiger partial charge in [-0.3, -0.25) is 5.84 Å². The van der Waals surface area contributed by atoms with E-state index in [0.717, 1.165) is 0 Å². The van der Waals surface area contributed by atoms with E-state index in [9.17, 15) is 13.2 Å². The van der Waals surface area contributed by atoms with Crippen LogP contribution in [0.2, 0.25) is 0 Å². The van der Waals surface area contributed by atoms with Crippen molar-refractivity contribution < 1.29 is 13.2 Å². The molecular weight excluding hydrogens is 219 g/mol. The molecule has 0 bridgehead atoms. The van der Waals surface area contributed by atoms with E-state index >= 15 is 0 Å². The first-order valence-electron chi connectivity index (χ1n) is 5.08. The Morgan fingerprint density at radius 3 is 2.69 bits per heavy atom. The van der Waals surface area contributed by atoms with E-state index in [0.29, 0.717) is 12.2 Å². The number of allylic oxidation sites excluding steroid dienone is 2. The molecule has 3 nitrogen and oxygen atoms in total. The number of nitrogens with one attached hydrogen (secondary N) is 2. The zero-order chi connectivity index (χ0) is 12.2. The number of hydrogen-bond donors (Lipinski definition) is 3. The molecule has 0 radical (unpaired) electrons. The molecule has 0 saturated carbocycles. The van der Waals surface area contributed by atoms with E-state index in [1.807, 2.05) is 0 Å². The predicted octanol–water partition coefficient (Wildman–Crippen LogP) is 1.45. The second-order valence-corrected chi connectivity index (χ2v) is 3.77. The van der Waals surface area contributed by atoms with Crippen LogP contribution in [-0.4, -0.2) is 18.8 Å². The summed E-state index contributed by atoms with van der Waals surface area (Å²) in [6.45, 7) is 3.83. The van der Waals surface area contributed by atoms with Gasteiger partial charge in [0.25, 0.3) is 0 Å². The molecule has 0 aromatic carbocycles. The van der Waals surface area contributed by atoms with Crippen molar-refractivity contribution in [3.05, 3.63) is 24.4 Å². The number of nitrogens with two attached hydrogens (primary N) is 1. The van der Waals surface area contributed by atoms with Crippen molar-refractivity contribution in [1.29, 1.82) is 0 Å². The summed E-state index contributed by atoms with van der Waals surface area (Å²) in [5.74, 6) is 3.99. The normalized spacial score (nSPS) is 27.6. The van der Waals surface area contributed by atoms with Crippen molar-refractivity contribution in [1.82, 2.24) is 10.7 Å². The number of alkyl halides is 3. The lowest BCUT2D eigenvalue weighted by Crippen LogP contribution is -2.47. The minimum atomic E-state index is -4.13. The fraction of sp³-hybridized carbons (Fsp3) is 0.600. The molecule has 0 spiro atoms. The number of piperidine rings is 1. The maximum absolute atomic E-state index is 12.5. The molecule has 1 aliphatic rings. The van der Waals surface area contributed by atoms with Crippen LogP contribution in [0.3, 0.4) is 0 Å². The second-order valence-electron chi connectivity index (χ2n) is 3.77. The van der Waals surface area contributed by atoms with Crippen LogP contribution in [0, 0.1) is 5.92 Å². The Labute approximate surface area is 92.5 Å². The molecular formula is C10H16F3N3. The molecule has 1 fully saturated rings. The first kappa shape index (κ1) is 13.1. The molecule has 4 N–H and O–H groups in total. The lowest BCUT2D eigenvalue weighted by molar-refractivity contribution is -0.182. The smallest absolute Gasteiger partial charge is 0.327 e. The third kappa shape index (κ3) is 3.24. The van der Waals surface area contributed by atoms with Gasteiger partial charge < -0.3 is 10.7 Å². The molecule has 1 rings (SSSR count). The van der Waals surface area contributed by atoms with E-state index in [-0.39, 0.29) is 18.9 Å². The fourth-order valence-electron chi connectivity index (χ4n) is 1.84. The van der Waals surface area contributed by atoms with Crippen molar-refractivity contribution >= 4 is 0 Å². The highest BCUT2D eigenvalue weighted by Gasteiger charge is 2.42. The van der Waals surface area contributed by atoms with Gasteiger partial charge in [-0.1, -0.05) is 12.7 Å². The van der Waals surface area contributed by atoms with Gasteiger partial charge in [0.15, 0.2) is 0 Å². The third-order valence-corrected chi connectivity index (χ3v) is 2.71. The Kier molecular flexibility index (Phi) is 4.37. The van der Waals surface area contributed by atoms with Crippen LogP contribution >= 0.6 is 0 Å². The fourth-order valence-corrected chi connectivity index (χ4v) is 1.84. The molecule has 0 unspecified atom stereocenters. The zero-order valence-electron chi connectivity index (χ0n) is 8.85. The molecule has 1 saturated heterocycles. The summed E-state index contributed by atoms with van der Waals surface area (Å²) >= 11 is 0. The Hall–Kier alpha value is -1.01. The highest BCUT2D eigenvalue weighted by molar-refractivity contribution is 5.15. The highest BCUT2D eigenvalue weighted by atomic mass is 19.4. The summed E-state index contributed by atoms with van der Waals surface area (Å²) in [6.07, 6.45) is -0.932. The molecule has 16 heavy (non-hydrogen) atoms. The van der Waals surface area contributed by atoms with Gasteiger partial charge in [-0.25, -0.2) is 0 Å². The van der Waals surface area contributed by atoms with Gasteiger partial charge in [-0.05, 0) is 25.5 Å². The molecule has 1 aliphatic heterocycles. The predicted molar refractivity (Wildman–Crippen MR) is 56.2 cm³/mol. The monoisotopic (exact) mass is 235 g/mol. The Morgan fingerprint density at radius 1 is 1.50 bits per heavy atom. The number of rotatable bonds is 3. The van der Waals surface area contributed by atoms with E-state index < -0.39 is 12.1 Å². The average molecular weight is 235 g/mol. The minimum Gasteiger partial charge on any atom is -0.327 e. The number of halogens is 3. The second kappa shape index (κ2) is 5.36. The van der Waals surface area contributed by atoms with E-state index in [2.05, 4.69) is 17.3 Å². The van der Waals surface area contributed by atoms with Crippen LogP contribution in [0.1, 0.15) is 12.8 Å². The maximum Gasteiger partial charge on any atom is 0.391 e. The summed E-state index contributed by atoms with van der Waals surface area (Å²) in [6, 6.07) is -0.386. The highest BCUT2D eigenvalue weighted by Crippen LogP contribution is 2.34. The molecule has 0 aliphatic carbocycles. The standard InChI is InChI=1S/C10H16F3N3/c1-2-3-8(16-14)9-6-7(4-5-15-9)10(11,12)13/h2-3,7,9,15-16H,1,4-6,14H2/b8-3-/t7-,9+/m1/s1. The van der Waals surface area contributed by atoms with Gasteiger partial charge in [0.05, 0.1) is 5.92 Å². The lowest BCUT2D eigenvalue weighted by atomic mass is 9.90. The first-order chi connectivity index (χ1) is 7.49. The van der Waals surface area contributed by atoms with Gasteiger partial charge in [-0.2, -0.15) is 13.2 Å². The topological polar surface area (TPSA) is 50.1 Å². The van der Waals surface area contributed by atoms with Crippen molar-refractivity contribution in [2.24, 2.45) is 11.8 Å². The van der Waals surface area contributed by atoms with Gasteiger partial charge in [0.1, 0.15) is 0 Å². The Morgan fingerprint density at radius 2 is 2.19 bits per heavy atom. The van der Waals surface area contributed by atoms with Crippen LogP contribution in [0.15, 0.2) is 24.4 Å². The largest absolute Gasteiger partial charge is 0.391 e. The first-order valence-corrected chi connectivity index (χ1v) is 5.08. The van der Waals surface area contributed by atoms with Crippen LogP contribution in [0.25, 0.3) is 0 Å². The van der Waals surface area contributed by atoms with Crippen molar-refractivity contribution in [2.75, 3.05) is 6.54 Å². The zero-order valence-corrected chi connectivity index (χ0v) is 8.85. The SMILES string of the molecule is C=C/C=C(\NN)[C@@H]1C[C@H](C(F)(F)F)CCN1. The third-order valence-electron chi connectivity index (χ3n) is 2.71. The quantitative estimate of drug-likeness (QED) is 0.394. The summed E-state index contributed by atoms with van der Waals surface area (Å²) in [5.41, 5.74) is 2.94. The molecule has 6 heteroatoms. The van der Waals surface area contributed by atoms with E-state index in [4.69, 9.17) is 5.84 Å². The van der Waals surface area contributed by atoms with Gasteiger partial charge >= 0.3 is 6.18 Å². The molecule has 0 aromatic rings. The van der Waals surface area contributed by atoms with Crippen molar-refractivity contribution in [3.63, 3.8) is 0 Å². The van der Waals surface area contributed by atoms with Crippen molar-refractivity contribution in [3.8, 4) is 0 Å². The molecule has 92 valence electrons.